The number of benzene rings is 1. The van der Waals surface area contributed by atoms with E-state index >= 15 is 0 Å². The van der Waals surface area contributed by atoms with Crippen molar-refractivity contribution in [3.8, 4) is 5.75 Å². The maximum atomic E-state index is 9.04. The Bertz CT molecular complexity index is 237. The summed E-state index contributed by atoms with van der Waals surface area (Å²) in [6.45, 7) is 0. The molecule has 0 aliphatic rings. The van der Waals surface area contributed by atoms with Crippen molar-refractivity contribution in [2.24, 2.45) is 0 Å². The summed E-state index contributed by atoms with van der Waals surface area (Å²) >= 11 is 5.63. The summed E-state index contributed by atoms with van der Waals surface area (Å²) in [7, 11) is 0. The molecule has 0 bridgehead atoms. The summed E-state index contributed by atoms with van der Waals surface area (Å²) in [5.74, 6) is 0.329. The van der Waals surface area contributed by atoms with E-state index in [1.807, 2.05) is 6.07 Å². The van der Waals surface area contributed by atoms with Crippen molar-refractivity contribution in [1.29, 1.82) is 0 Å². The first kappa shape index (κ1) is 8.33. The number of rotatable bonds is 1. The molecule has 0 unspecified atom stereocenters. The topological polar surface area (TPSA) is 20.2 Å². The van der Waals surface area contributed by atoms with Gasteiger partial charge >= 0.3 is 0 Å². The van der Waals surface area contributed by atoms with E-state index in [1.54, 1.807) is 12.1 Å². The summed E-state index contributed by atoms with van der Waals surface area (Å²) in [6.07, 6.45) is 0. The molecule has 1 aromatic rings. The van der Waals surface area contributed by atoms with Crippen molar-refractivity contribution in [1.82, 2.24) is 0 Å². The molecule has 1 aromatic carbocycles. The summed E-state index contributed by atoms with van der Waals surface area (Å²) in [6, 6.07) is 5.28. The maximum Gasteiger partial charge on any atom is 0.115 e. The minimum Gasteiger partial charge on any atom is -0.508 e. The Morgan fingerprint density at radius 2 is 2.20 bits per heavy atom. The molecule has 1 nitrogen and oxygen atoms in total. The number of halogens is 2. The van der Waals surface area contributed by atoms with Gasteiger partial charge in [-0.1, -0.05) is 38.5 Å². The van der Waals surface area contributed by atoms with Gasteiger partial charge in [0.25, 0.3) is 0 Å². The lowest BCUT2D eigenvalue weighted by Gasteiger charge is -1.99. The highest BCUT2D eigenvalue weighted by atomic mass is 127. The Labute approximate surface area is 81.7 Å². The molecule has 0 spiro atoms. The summed E-state index contributed by atoms with van der Waals surface area (Å²) in [4.78, 5) is 0. The molecule has 0 aliphatic carbocycles. The Kier molecular flexibility index (Phi) is 2.97. The molecule has 0 heterocycles. The van der Waals surface area contributed by atoms with Crippen LogP contribution in [0.4, 0.5) is 0 Å². The molecule has 54 valence electrons. The van der Waals surface area contributed by atoms with E-state index in [9.17, 15) is 0 Å². The fraction of sp³-hybridized carbons (Fsp3) is 0.143. The summed E-state index contributed by atoms with van der Waals surface area (Å²) < 4.78 is 1.96. The Morgan fingerprint density at radius 1 is 1.50 bits per heavy atom. The molecule has 0 fully saturated rings. The number of hydrogen-bond acceptors (Lipinski definition) is 1. The van der Waals surface area contributed by atoms with Crippen LogP contribution >= 0.6 is 38.5 Å². The summed E-state index contributed by atoms with van der Waals surface area (Å²) in [5.41, 5.74) is 1.13. The lowest BCUT2D eigenvalue weighted by Crippen LogP contribution is -1.77. The first-order valence-electron chi connectivity index (χ1n) is 2.77. The van der Waals surface area contributed by atoms with Gasteiger partial charge in [0.1, 0.15) is 5.75 Å². The number of phenolic OH excluding ortho intramolecular Hbond substituents is 1. The van der Waals surface area contributed by atoms with Crippen LogP contribution in [-0.2, 0) is 4.43 Å². The van der Waals surface area contributed by atoms with Crippen molar-refractivity contribution in [3.05, 3.63) is 28.2 Å². The molecule has 0 saturated carbocycles. The van der Waals surface area contributed by atoms with E-state index in [-0.39, 0.29) is 0 Å². The molecular formula is C7H6BrIO. The highest BCUT2D eigenvalue weighted by molar-refractivity contribution is 14.1. The van der Waals surface area contributed by atoms with Gasteiger partial charge in [0.15, 0.2) is 0 Å². The van der Waals surface area contributed by atoms with Crippen molar-refractivity contribution >= 4 is 38.5 Å². The van der Waals surface area contributed by atoms with Crippen LogP contribution in [0.25, 0.3) is 0 Å². The van der Waals surface area contributed by atoms with Crippen molar-refractivity contribution in [3.63, 3.8) is 0 Å². The third-order valence-electron chi connectivity index (χ3n) is 1.17. The molecule has 3 heteroatoms. The predicted octanol–water partition coefficient (Wildman–Crippen LogP) is 3.09. The Hall–Kier alpha value is 0.230. The molecule has 10 heavy (non-hydrogen) atoms. The average molecular weight is 313 g/mol. The van der Waals surface area contributed by atoms with Gasteiger partial charge in [0, 0.05) is 8.90 Å². The third kappa shape index (κ3) is 1.85. The molecule has 0 amide bonds. The number of hydrogen-bond donors (Lipinski definition) is 1. The number of alkyl halides is 1. The predicted molar refractivity (Wildman–Crippen MR) is 53.5 cm³/mol. The minimum atomic E-state index is 0.329. The fourth-order valence-corrected chi connectivity index (χ4v) is 2.21. The second-order valence-electron chi connectivity index (χ2n) is 1.91. The van der Waals surface area contributed by atoms with Crippen LogP contribution in [0.3, 0.4) is 0 Å². The van der Waals surface area contributed by atoms with Crippen LogP contribution in [0.5, 0.6) is 5.75 Å². The van der Waals surface area contributed by atoms with Crippen LogP contribution in [0.15, 0.2) is 22.7 Å². The molecule has 1 rings (SSSR count). The molecule has 1 N–H and O–H groups in total. The minimum absolute atomic E-state index is 0.329. The fourth-order valence-electron chi connectivity index (χ4n) is 0.664. The van der Waals surface area contributed by atoms with Crippen LogP contribution in [-0.4, -0.2) is 5.11 Å². The third-order valence-corrected chi connectivity index (χ3v) is 2.77. The highest BCUT2D eigenvalue weighted by Gasteiger charge is 1.97. The van der Waals surface area contributed by atoms with E-state index in [2.05, 4.69) is 38.5 Å². The second-order valence-corrected chi connectivity index (χ2v) is 3.53. The lowest BCUT2D eigenvalue weighted by molar-refractivity contribution is 0.474. The standard InChI is InChI=1S/C7H6BrIO/c8-7-2-1-6(10)3-5(7)4-9/h1-3,10H,4H2. The van der Waals surface area contributed by atoms with Gasteiger partial charge in [0.2, 0.25) is 0 Å². The highest BCUT2D eigenvalue weighted by Crippen LogP contribution is 2.23. The van der Waals surface area contributed by atoms with E-state index < -0.39 is 0 Å². The Balaban J connectivity index is 3.09. The Morgan fingerprint density at radius 3 is 2.70 bits per heavy atom. The normalized spacial score (nSPS) is 9.80. The molecule has 0 aromatic heterocycles. The van der Waals surface area contributed by atoms with Crippen LogP contribution < -0.4 is 0 Å². The zero-order valence-corrected chi connectivity index (χ0v) is 8.89. The van der Waals surface area contributed by atoms with Gasteiger partial charge < -0.3 is 5.11 Å². The first-order chi connectivity index (χ1) is 4.74. The number of aromatic hydroxyl groups is 1. The molecule has 0 aliphatic heterocycles. The molecule has 0 atom stereocenters. The lowest BCUT2D eigenvalue weighted by atomic mass is 10.2. The molecule has 0 radical (unpaired) electrons. The van der Waals surface area contributed by atoms with Gasteiger partial charge in [-0.05, 0) is 23.8 Å². The largest absolute Gasteiger partial charge is 0.508 e. The van der Waals surface area contributed by atoms with E-state index in [1.165, 1.54) is 0 Å². The van der Waals surface area contributed by atoms with Crippen molar-refractivity contribution in [2.45, 2.75) is 4.43 Å². The summed E-state index contributed by atoms with van der Waals surface area (Å²) in [5, 5.41) is 9.04. The second kappa shape index (κ2) is 3.57. The van der Waals surface area contributed by atoms with Gasteiger partial charge in [-0.25, -0.2) is 0 Å². The van der Waals surface area contributed by atoms with Gasteiger partial charge in [-0.15, -0.1) is 0 Å². The van der Waals surface area contributed by atoms with Gasteiger partial charge in [-0.3, -0.25) is 0 Å². The van der Waals surface area contributed by atoms with Crippen LogP contribution in [0, 0.1) is 0 Å². The molecular weight excluding hydrogens is 307 g/mol. The van der Waals surface area contributed by atoms with Gasteiger partial charge in [-0.2, -0.15) is 0 Å². The maximum absolute atomic E-state index is 9.04. The molecule has 0 saturated heterocycles. The van der Waals surface area contributed by atoms with Crippen LogP contribution in [0.1, 0.15) is 5.56 Å². The van der Waals surface area contributed by atoms with Crippen LogP contribution in [0.2, 0.25) is 0 Å². The van der Waals surface area contributed by atoms with E-state index in [4.69, 9.17) is 5.11 Å². The SMILES string of the molecule is Oc1ccc(Br)c(CI)c1. The zero-order chi connectivity index (χ0) is 7.56. The van der Waals surface area contributed by atoms with Crippen molar-refractivity contribution in [2.75, 3.05) is 0 Å². The quantitative estimate of drug-likeness (QED) is 0.624. The zero-order valence-electron chi connectivity index (χ0n) is 5.14. The van der Waals surface area contributed by atoms with Gasteiger partial charge in [0.05, 0.1) is 0 Å². The smallest absolute Gasteiger partial charge is 0.115 e. The van der Waals surface area contributed by atoms with Crippen molar-refractivity contribution < 1.29 is 5.11 Å². The van der Waals surface area contributed by atoms with E-state index in [0.717, 1.165) is 14.5 Å². The number of phenols is 1. The average Bonchev–Trinajstić information content (AvgIpc) is 1.94. The monoisotopic (exact) mass is 312 g/mol. The van der Waals surface area contributed by atoms with E-state index in [0.29, 0.717) is 5.75 Å². The first-order valence-corrected chi connectivity index (χ1v) is 5.09.